The van der Waals surface area contributed by atoms with Gasteiger partial charge in [-0.1, -0.05) is 34.1 Å². The summed E-state index contributed by atoms with van der Waals surface area (Å²) in [5.41, 5.74) is 3.40. The minimum Gasteiger partial charge on any atom is -0.369 e. The van der Waals surface area contributed by atoms with Crippen molar-refractivity contribution in [1.82, 2.24) is 5.32 Å². The van der Waals surface area contributed by atoms with E-state index in [4.69, 9.17) is 0 Å². The van der Waals surface area contributed by atoms with Crippen LogP contribution in [0.3, 0.4) is 0 Å². The molecule has 1 N–H and O–H groups in total. The molecular formula is C17H17BrN2O. The summed E-state index contributed by atoms with van der Waals surface area (Å²) in [6.45, 7) is 2.54. The highest BCUT2D eigenvalue weighted by Crippen LogP contribution is 2.26. The number of para-hydroxylation sites is 1. The Balaban J connectivity index is 1.53. The lowest BCUT2D eigenvalue weighted by molar-refractivity contribution is 0.0954. The van der Waals surface area contributed by atoms with Crippen molar-refractivity contribution < 1.29 is 4.79 Å². The summed E-state index contributed by atoms with van der Waals surface area (Å²) in [6.07, 6.45) is 1.09. The van der Waals surface area contributed by atoms with E-state index in [9.17, 15) is 4.79 Å². The van der Waals surface area contributed by atoms with Crippen molar-refractivity contribution in [3.8, 4) is 0 Å². The predicted octanol–water partition coefficient (Wildman–Crippen LogP) is 3.24. The maximum Gasteiger partial charge on any atom is 0.251 e. The fraction of sp³-hybridized carbons (Fsp3) is 0.235. The minimum absolute atomic E-state index is 0.0185. The van der Waals surface area contributed by atoms with Gasteiger partial charge in [0.05, 0.1) is 0 Å². The average Bonchev–Trinajstić information content (AvgIpc) is 2.91. The van der Waals surface area contributed by atoms with E-state index in [0.29, 0.717) is 12.1 Å². The summed E-state index contributed by atoms with van der Waals surface area (Å²) in [4.78, 5) is 14.4. The van der Waals surface area contributed by atoms with E-state index in [2.05, 4.69) is 50.4 Å². The van der Waals surface area contributed by atoms with E-state index in [-0.39, 0.29) is 5.91 Å². The standard InChI is InChI=1S/C17H17BrN2O/c18-15-7-5-14(6-8-15)17(21)19-10-12-20-11-9-13-3-1-2-4-16(13)20/h1-8H,9-12H2,(H,19,21). The van der Waals surface area contributed by atoms with Crippen LogP contribution < -0.4 is 10.2 Å². The van der Waals surface area contributed by atoms with Gasteiger partial charge in [-0.25, -0.2) is 0 Å². The molecule has 1 aliphatic rings. The summed E-state index contributed by atoms with van der Waals surface area (Å²) in [6, 6.07) is 15.9. The number of halogens is 1. The normalized spacial score (nSPS) is 13.1. The Morgan fingerprint density at radius 2 is 1.90 bits per heavy atom. The number of anilines is 1. The van der Waals surface area contributed by atoms with E-state index in [1.54, 1.807) is 0 Å². The Morgan fingerprint density at radius 3 is 2.71 bits per heavy atom. The Labute approximate surface area is 133 Å². The Bertz CT molecular complexity index is 639. The molecule has 2 aromatic rings. The number of carbonyl (C=O) groups is 1. The molecule has 0 fully saturated rings. The van der Waals surface area contributed by atoms with Crippen LogP contribution in [0.2, 0.25) is 0 Å². The van der Waals surface area contributed by atoms with Crippen molar-refractivity contribution in [1.29, 1.82) is 0 Å². The first-order valence-electron chi connectivity index (χ1n) is 7.10. The molecular weight excluding hydrogens is 328 g/mol. The first kappa shape index (κ1) is 14.1. The van der Waals surface area contributed by atoms with Crippen molar-refractivity contribution in [2.24, 2.45) is 0 Å². The molecule has 0 saturated heterocycles. The predicted molar refractivity (Wildman–Crippen MR) is 88.8 cm³/mol. The number of amides is 1. The molecule has 1 heterocycles. The first-order valence-corrected chi connectivity index (χ1v) is 7.90. The zero-order valence-electron chi connectivity index (χ0n) is 11.7. The summed E-state index contributed by atoms with van der Waals surface area (Å²) in [7, 11) is 0. The van der Waals surface area contributed by atoms with E-state index >= 15 is 0 Å². The summed E-state index contributed by atoms with van der Waals surface area (Å²) >= 11 is 3.37. The van der Waals surface area contributed by atoms with Crippen LogP contribution >= 0.6 is 15.9 Å². The van der Waals surface area contributed by atoms with Crippen LogP contribution in [0.25, 0.3) is 0 Å². The third-order valence-electron chi connectivity index (χ3n) is 3.76. The van der Waals surface area contributed by atoms with Crippen molar-refractivity contribution in [3.05, 3.63) is 64.1 Å². The molecule has 0 saturated carbocycles. The van der Waals surface area contributed by atoms with E-state index in [0.717, 1.165) is 24.0 Å². The third kappa shape index (κ3) is 3.27. The Morgan fingerprint density at radius 1 is 1.14 bits per heavy atom. The van der Waals surface area contributed by atoms with Gasteiger partial charge < -0.3 is 10.2 Å². The van der Waals surface area contributed by atoms with Gasteiger partial charge in [-0.15, -0.1) is 0 Å². The van der Waals surface area contributed by atoms with Crippen LogP contribution in [0.4, 0.5) is 5.69 Å². The number of nitrogens with one attached hydrogen (secondary N) is 1. The van der Waals surface area contributed by atoms with Gasteiger partial charge in [-0.3, -0.25) is 4.79 Å². The number of nitrogens with zero attached hydrogens (tertiary/aromatic N) is 1. The van der Waals surface area contributed by atoms with Gasteiger partial charge in [0.25, 0.3) is 5.91 Å². The van der Waals surface area contributed by atoms with E-state index in [1.165, 1.54) is 11.3 Å². The Hall–Kier alpha value is -1.81. The van der Waals surface area contributed by atoms with Crippen LogP contribution in [0.1, 0.15) is 15.9 Å². The fourth-order valence-corrected chi connectivity index (χ4v) is 2.91. The number of fused-ring (bicyclic) bond motifs is 1. The van der Waals surface area contributed by atoms with E-state index in [1.807, 2.05) is 24.3 Å². The number of hydrogen-bond acceptors (Lipinski definition) is 2. The summed E-state index contributed by atoms with van der Waals surface area (Å²) in [5.74, 6) is -0.0185. The van der Waals surface area contributed by atoms with Gasteiger partial charge in [-0.2, -0.15) is 0 Å². The molecule has 0 atom stereocenters. The Kier molecular flexibility index (Phi) is 4.25. The lowest BCUT2D eigenvalue weighted by atomic mass is 10.2. The van der Waals surface area contributed by atoms with Gasteiger partial charge in [-0.05, 0) is 42.3 Å². The van der Waals surface area contributed by atoms with Crippen LogP contribution in [0.5, 0.6) is 0 Å². The van der Waals surface area contributed by atoms with Crippen LogP contribution in [-0.4, -0.2) is 25.5 Å². The second kappa shape index (κ2) is 6.31. The molecule has 21 heavy (non-hydrogen) atoms. The van der Waals surface area contributed by atoms with Gasteiger partial charge in [0, 0.05) is 35.4 Å². The molecule has 108 valence electrons. The van der Waals surface area contributed by atoms with Gasteiger partial charge in [0.15, 0.2) is 0 Å². The topological polar surface area (TPSA) is 32.3 Å². The highest BCUT2D eigenvalue weighted by molar-refractivity contribution is 9.10. The molecule has 3 nitrogen and oxygen atoms in total. The SMILES string of the molecule is O=C(NCCN1CCc2ccccc21)c1ccc(Br)cc1. The summed E-state index contributed by atoms with van der Waals surface area (Å²) < 4.78 is 0.979. The van der Waals surface area contributed by atoms with E-state index < -0.39 is 0 Å². The maximum absolute atomic E-state index is 12.0. The van der Waals surface area contributed by atoms with Crippen LogP contribution in [0.15, 0.2) is 53.0 Å². The number of benzene rings is 2. The molecule has 2 aromatic carbocycles. The largest absolute Gasteiger partial charge is 0.369 e. The number of carbonyl (C=O) groups excluding carboxylic acids is 1. The minimum atomic E-state index is -0.0185. The first-order chi connectivity index (χ1) is 10.2. The lowest BCUT2D eigenvalue weighted by Gasteiger charge is -2.19. The van der Waals surface area contributed by atoms with Crippen molar-refractivity contribution in [2.45, 2.75) is 6.42 Å². The molecule has 4 heteroatoms. The lowest BCUT2D eigenvalue weighted by Crippen LogP contribution is -2.34. The molecule has 0 unspecified atom stereocenters. The second-order valence-electron chi connectivity index (χ2n) is 5.13. The molecule has 0 spiro atoms. The van der Waals surface area contributed by atoms with Crippen LogP contribution in [0, 0.1) is 0 Å². The molecule has 3 rings (SSSR count). The quantitative estimate of drug-likeness (QED) is 0.923. The highest BCUT2D eigenvalue weighted by Gasteiger charge is 2.17. The van der Waals surface area contributed by atoms with Crippen LogP contribution in [-0.2, 0) is 6.42 Å². The van der Waals surface area contributed by atoms with Gasteiger partial charge in [0.2, 0.25) is 0 Å². The molecule has 0 aromatic heterocycles. The van der Waals surface area contributed by atoms with Gasteiger partial charge >= 0.3 is 0 Å². The maximum atomic E-state index is 12.0. The molecule has 1 amide bonds. The molecule has 0 aliphatic carbocycles. The molecule has 0 radical (unpaired) electrons. The third-order valence-corrected chi connectivity index (χ3v) is 4.29. The highest BCUT2D eigenvalue weighted by atomic mass is 79.9. The zero-order valence-corrected chi connectivity index (χ0v) is 13.3. The van der Waals surface area contributed by atoms with Crippen molar-refractivity contribution in [2.75, 3.05) is 24.5 Å². The molecule has 1 aliphatic heterocycles. The monoisotopic (exact) mass is 344 g/mol. The number of hydrogen-bond donors (Lipinski definition) is 1. The second-order valence-corrected chi connectivity index (χ2v) is 6.04. The fourth-order valence-electron chi connectivity index (χ4n) is 2.65. The van der Waals surface area contributed by atoms with Crippen molar-refractivity contribution in [3.63, 3.8) is 0 Å². The number of rotatable bonds is 4. The summed E-state index contributed by atoms with van der Waals surface area (Å²) in [5, 5.41) is 2.98. The average molecular weight is 345 g/mol. The molecule has 0 bridgehead atoms. The van der Waals surface area contributed by atoms with Gasteiger partial charge in [0.1, 0.15) is 0 Å². The van der Waals surface area contributed by atoms with Crippen molar-refractivity contribution >= 4 is 27.5 Å². The smallest absolute Gasteiger partial charge is 0.251 e. The zero-order chi connectivity index (χ0) is 14.7.